The van der Waals surface area contributed by atoms with E-state index in [1.54, 1.807) is 11.3 Å². The lowest BCUT2D eigenvalue weighted by molar-refractivity contribution is 0.138. The van der Waals surface area contributed by atoms with Gasteiger partial charge in [-0.25, -0.2) is 0 Å². The Hall–Kier alpha value is -0.840. The fourth-order valence-corrected chi connectivity index (χ4v) is 4.51. The third-order valence-electron chi connectivity index (χ3n) is 3.62. The minimum absolute atomic E-state index is 0.0837. The number of ether oxygens (including phenoxy) is 1. The Morgan fingerprint density at radius 2 is 2.15 bits per heavy atom. The summed E-state index contributed by atoms with van der Waals surface area (Å²) in [6, 6.07) is 8.86. The first kappa shape index (κ1) is 14.1. The predicted octanol–water partition coefficient (Wildman–Crippen LogP) is 4.53. The smallest absolute Gasteiger partial charge is 0.123 e. The average Bonchev–Trinajstić information content (AvgIpc) is 2.92. The van der Waals surface area contributed by atoms with Gasteiger partial charge in [-0.3, -0.25) is 0 Å². The summed E-state index contributed by atoms with van der Waals surface area (Å²) >= 11 is 5.40. The summed E-state index contributed by atoms with van der Waals surface area (Å²) in [5, 5.41) is 5.53. The van der Waals surface area contributed by atoms with Crippen LogP contribution in [0, 0.1) is 0 Å². The van der Waals surface area contributed by atoms with Gasteiger partial charge < -0.3 is 10.1 Å². The SMILES string of the molecule is CNC(c1ccc2c(c1)CC(C)(C)O2)c1sccc1Br. The third kappa shape index (κ3) is 2.52. The van der Waals surface area contributed by atoms with Gasteiger partial charge in [0.1, 0.15) is 11.4 Å². The number of benzene rings is 1. The van der Waals surface area contributed by atoms with Crippen LogP contribution < -0.4 is 10.1 Å². The van der Waals surface area contributed by atoms with E-state index in [-0.39, 0.29) is 11.6 Å². The number of hydrogen-bond acceptors (Lipinski definition) is 3. The molecule has 2 nitrogen and oxygen atoms in total. The molecule has 0 spiro atoms. The summed E-state index contributed by atoms with van der Waals surface area (Å²) in [4.78, 5) is 1.31. The van der Waals surface area contributed by atoms with Crippen LogP contribution in [0.1, 0.15) is 35.9 Å². The number of fused-ring (bicyclic) bond motifs is 1. The molecule has 20 heavy (non-hydrogen) atoms. The molecule has 0 radical (unpaired) electrons. The Morgan fingerprint density at radius 1 is 1.35 bits per heavy atom. The molecule has 2 heterocycles. The zero-order chi connectivity index (χ0) is 14.3. The van der Waals surface area contributed by atoms with Crippen LogP contribution >= 0.6 is 27.3 Å². The van der Waals surface area contributed by atoms with E-state index in [0.29, 0.717) is 0 Å². The van der Waals surface area contributed by atoms with Gasteiger partial charge in [-0.05, 0) is 65.5 Å². The molecule has 106 valence electrons. The van der Waals surface area contributed by atoms with Crippen LogP contribution in [0.2, 0.25) is 0 Å². The second kappa shape index (κ2) is 5.17. The van der Waals surface area contributed by atoms with Crippen LogP contribution in [0.5, 0.6) is 5.75 Å². The van der Waals surface area contributed by atoms with Gasteiger partial charge in [-0.15, -0.1) is 11.3 Å². The molecule has 1 aromatic heterocycles. The van der Waals surface area contributed by atoms with Crippen molar-refractivity contribution in [3.8, 4) is 5.75 Å². The van der Waals surface area contributed by atoms with Gasteiger partial charge in [0.25, 0.3) is 0 Å². The molecule has 1 atom stereocenters. The van der Waals surface area contributed by atoms with Crippen molar-refractivity contribution in [2.45, 2.75) is 31.9 Å². The molecule has 0 amide bonds. The van der Waals surface area contributed by atoms with Crippen molar-refractivity contribution in [2.24, 2.45) is 0 Å². The quantitative estimate of drug-likeness (QED) is 0.876. The minimum atomic E-state index is -0.0837. The number of hydrogen-bond donors (Lipinski definition) is 1. The Labute approximate surface area is 132 Å². The molecule has 1 aliphatic rings. The Balaban J connectivity index is 1.97. The molecular weight excluding hydrogens is 334 g/mol. The van der Waals surface area contributed by atoms with E-state index in [2.05, 4.69) is 64.7 Å². The largest absolute Gasteiger partial charge is 0.487 e. The Morgan fingerprint density at radius 3 is 2.80 bits per heavy atom. The van der Waals surface area contributed by atoms with E-state index in [1.807, 2.05) is 7.05 Å². The number of thiophene rings is 1. The van der Waals surface area contributed by atoms with Crippen LogP contribution in [0.15, 0.2) is 34.1 Å². The van der Waals surface area contributed by atoms with Crippen molar-refractivity contribution in [3.05, 3.63) is 50.1 Å². The van der Waals surface area contributed by atoms with Crippen molar-refractivity contribution >= 4 is 27.3 Å². The van der Waals surface area contributed by atoms with Crippen molar-refractivity contribution in [2.75, 3.05) is 7.05 Å². The normalized spacial score (nSPS) is 17.6. The highest BCUT2D eigenvalue weighted by molar-refractivity contribution is 9.10. The summed E-state index contributed by atoms with van der Waals surface area (Å²) < 4.78 is 7.12. The van der Waals surface area contributed by atoms with E-state index >= 15 is 0 Å². The zero-order valence-corrected chi connectivity index (χ0v) is 14.3. The maximum atomic E-state index is 5.95. The first-order chi connectivity index (χ1) is 9.50. The first-order valence-electron chi connectivity index (χ1n) is 6.72. The van der Waals surface area contributed by atoms with E-state index in [0.717, 1.165) is 12.2 Å². The molecule has 0 saturated heterocycles. The Bertz CT molecular complexity index is 635. The van der Waals surface area contributed by atoms with Crippen molar-refractivity contribution < 1.29 is 4.74 Å². The van der Waals surface area contributed by atoms with Gasteiger partial charge in [0.2, 0.25) is 0 Å². The Kier molecular flexibility index (Phi) is 3.65. The van der Waals surface area contributed by atoms with E-state index < -0.39 is 0 Å². The third-order valence-corrected chi connectivity index (χ3v) is 5.55. The standard InChI is InChI=1S/C16H18BrNOS/c1-16(2)9-11-8-10(4-5-13(11)19-16)14(18-3)15-12(17)6-7-20-15/h4-8,14,18H,9H2,1-3H3. The number of halogens is 1. The molecule has 0 saturated carbocycles. The van der Waals surface area contributed by atoms with Crippen molar-refractivity contribution in [1.29, 1.82) is 0 Å². The van der Waals surface area contributed by atoms with Gasteiger partial charge >= 0.3 is 0 Å². The molecule has 0 fully saturated rings. The van der Waals surface area contributed by atoms with Gasteiger partial charge in [0.05, 0.1) is 6.04 Å². The summed E-state index contributed by atoms with van der Waals surface area (Å²) in [5.41, 5.74) is 2.51. The zero-order valence-electron chi connectivity index (χ0n) is 11.9. The van der Waals surface area contributed by atoms with Gasteiger partial charge in [0, 0.05) is 15.8 Å². The van der Waals surface area contributed by atoms with Crippen LogP contribution in [-0.4, -0.2) is 12.6 Å². The van der Waals surface area contributed by atoms with Crippen molar-refractivity contribution in [1.82, 2.24) is 5.32 Å². The lowest BCUT2D eigenvalue weighted by atomic mass is 9.97. The molecule has 1 aromatic carbocycles. The molecule has 1 N–H and O–H groups in total. The summed E-state index contributed by atoms with van der Waals surface area (Å²) in [7, 11) is 2.00. The van der Waals surface area contributed by atoms with Crippen LogP contribution in [-0.2, 0) is 6.42 Å². The molecule has 3 rings (SSSR count). The number of rotatable bonds is 3. The highest BCUT2D eigenvalue weighted by atomic mass is 79.9. The highest BCUT2D eigenvalue weighted by Gasteiger charge is 2.30. The molecule has 1 aliphatic heterocycles. The second-order valence-corrected chi connectivity index (χ2v) is 7.56. The van der Waals surface area contributed by atoms with E-state index in [9.17, 15) is 0 Å². The van der Waals surface area contributed by atoms with Crippen molar-refractivity contribution in [3.63, 3.8) is 0 Å². The fourth-order valence-electron chi connectivity index (χ4n) is 2.77. The molecule has 2 aromatic rings. The van der Waals surface area contributed by atoms with E-state index in [1.165, 1.54) is 20.5 Å². The topological polar surface area (TPSA) is 21.3 Å². The average molecular weight is 352 g/mol. The minimum Gasteiger partial charge on any atom is -0.487 e. The van der Waals surface area contributed by atoms with Gasteiger partial charge in [-0.2, -0.15) is 0 Å². The summed E-state index contributed by atoms with van der Waals surface area (Å²) in [5.74, 6) is 1.03. The highest BCUT2D eigenvalue weighted by Crippen LogP contribution is 2.39. The predicted molar refractivity (Wildman–Crippen MR) is 87.8 cm³/mol. The summed E-state index contributed by atoms with van der Waals surface area (Å²) in [6.45, 7) is 4.27. The monoisotopic (exact) mass is 351 g/mol. The van der Waals surface area contributed by atoms with Crippen LogP contribution in [0.4, 0.5) is 0 Å². The lowest BCUT2D eigenvalue weighted by Gasteiger charge is -2.17. The maximum absolute atomic E-state index is 5.95. The van der Waals surface area contributed by atoms with Crippen LogP contribution in [0.25, 0.3) is 0 Å². The lowest BCUT2D eigenvalue weighted by Crippen LogP contribution is -2.24. The number of nitrogens with one attached hydrogen (secondary N) is 1. The van der Waals surface area contributed by atoms with Gasteiger partial charge in [0.15, 0.2) is 0 Å². The first-order valence-corrected chi connectivity index (χ1v) is 8.39. The molecule has 4 heteroatoms. The second-order valence-electron chi connectivity index (χ2n) is 5.76. The fraction of sp³-hybridized carbons (Fsp3) is 0.375. The van der Waals surface area contributed by atoms with Gasteiger partial charge in [-0.1, -0.05) is 12.1 Å². The molecular formula is C16H18BrNOS. The molecule has 0 aliphatic carbocycles. The molecule has 1 unspecified atom stereocenters. The maximum Gasteiger partial charge on any atom is 0.123 e. The molecule has 0 bridgehead atoms. The summed E-state index contributed by atoms with van der Waals surface area (Å²) in [6.07, 6.45) is 0.970. The van der Waals surface area contributed by atoms with E-state index in [4.69, 9.17) is 4.74 Å². The van der Waals surface area contributed by atoms with Crippen LogP contribution in [0.3, 0.4) is 0 Å².